The fraction of sp³-hybridized carbons (Fsp3) is 0.778. The van der Waals surface area contributed by atoms with Gasteiger partial charge in [-0.1, -0.05) is 0 Å². The molecular weight excluding hydrogens is 320 g/mol. The number of carbonyl (C=O) groups is 1. The van der Waals surface area contributed by atoms with Crippen molar-refractivity contribution in [3.63, 3.8) is 0 Å². The van der Waals surface area contributed by atoms with Crippen molar-refractivity contribution in [3.05, 3.63) is 18.2 Å². The van der Waals surface area contributed by atoms with Gasteiger partial charge >= 0.3 is 0 Å². The van der Waals surface area contributed by atoms with Gasteiger partial charge < -0.3 is 24.3 Å². The first-order valence-electron chi connectivity index (χ1n) is 9.28. The van der Waals surface area contributed by atoms with Crippen LogP contribution in [0, 0.1) is 5.41 Å². The molecule has 1 unspecified atom stereocenters. The number of nitrogens with one attached hydrogen (secondary N) is 1. The van der Waals surface area contributed by atoms with E-state index in [-0.39, 0.29) is 12.5 Å². The molecule has 1 N–H and O–H groups in total. The highest BCUT2D eigenvalue weighted by molar-refractivity contribution is 5.78. The average molecular weight is 350 g/mol. The van der Waals surface area contributed by atoms with Crippen molar-refractivity contribution in [2.45, 2.75) is 38.8 Å². The minimum Gasteiger partial charge on any atom is -0.379 e. The van der Waals surface area contributed by atoms with Crippen LogP contribution in [0.4, 0.5) is 0 Å². The maximum atomic E-state index is 12.8. The molecule has 25 heavy (non-hydrogen) atoms. The van der Waals surface area contributed by atoms with Crippen LogP contribution >= 0.6 is 0 Å². The van der Waals surface area contributed by atoms with Crippen molar-refractivity contribution in [1.82, 2.24) is 19.8 Å². The molecule has 7 heteroatoms. The van der Waals surface area contributed by atoms with Gasteiger partial charge in [0.05, 0.1) is 19.8 Å². The summed E-state index contributed by atoms with van der Waals surface area (Å²) in [4.78, 5) is 19.2. The van der Waals surface area contributed by atoms with Gasteiger partial charge in [-0.3, -0.25) is 4.79 Å². The number of carbonyl (C=O) groups excluding carboxylic acids is 1. The standard InChI is InChI=1S/C18H30N4O3/c1-3-24-10-11-25-14-17(23)22(13-16-20-8-9-21(16)2)15-12-18(15)4-6-19-7-5-18/h8-9,15,19H,3-7,10-14H2,1-2H3. The van der Waals surface area contributed by atoms with Crippen molar-refractivity contribution in [3.8, 4) is 0 Å². The molecule has 1 spiro atoms. The Labute approximate surface area is 149 Å². The number of amides is 1. The third-order valence-corrected chi connectivity index (χ3v) is 5.48. The second-order valence-corrected chi connectivity index (χ2v) is 7.06. The zero-order valence-corrected chi connectivity index (χ0v) is 15.4. The molecule has 0 aromatic carbocycles. The highest BCUT2D eigenvalue weighted by Gasteiger charge is 2.57. The van der Waals surface area contributed by atoms with Crippen LogP contribution in [-0.4, -0.2) is 65.9 Å². The predicted molar refractivity (Wildman–Crippen MR) is 94.0 cm³/mol. The van der Waals surface area contributed by atoms with E-state index in [0.717, 1.165) is 38.2 Å². The van der Waals surface area contributed by atoms with E-state index in [2.05, 4.69) is 10.3 Å². The van der Waals surface area contributed by atoms with E-state index < -0.39 is 0 Å². The summed E-state index contributed by atoms with van der Waals surface area (Å²) >= 11 is 0. The SMILES string of the molecule is CCOCCOCC(=O)N(Cc1nccn1C)C1CC12CCNCC2. The Morgan fingerprint density at radius 3 is 2.84 bits per heavy atom. The normalized spacial score (nSPS) is 21.4. The van der Waals surface area contributed by atoms with E-state index in [1.54, 1.807) is 6.20 Å². The van der Waals surface area contributed by atoms with Crippen molar-refractivity contribution < 1.29 is 14.3 Å². The lowest BCUT2D eigenvalue weighted by atomic mass is 9.93. The monoisotopic (exact) mass is 350 g/mol. The zero-order valence-electron chi connectivity index (χ0n) is 15.4. The predicted octanol–water partition coefficient (Wildman–Crippen LogP) is 0.944. The number of aryl methyl sites for hydroxylation is 1. The maximum Gasteiger partial charge on any atom is 0.249 e. The number of hydrogen-bond acceptors (Lipinski definition) is 5. The van der Waals surface area contributed by atoms with Crippen LogP contribution < -0.4 is 5.32 Å². The molecule has 1 aromatic heterocycles. The first kappa shape index (κ1) is 18.4. The highest BCUT2D eigenvalue weighted by Crippen LogP contribution is 2.56. The Morgan fingerprint density at radius 1 is 1.40 bits per heavy atom. The maximum absolute atomic E-state index is 12.8. The van der Waals surface area contributed by atoms with Gasteiger partial charge in [-0.2, -0.15) is 0 Å². The number of rotatable bonds is 9. The summed E-state index contributed by atoms with van der Waals surface area (Å²) in [6.07, 6.45) is 7.09. The van der Waals surface area contributed by atoms with Crippen LogP contribution in [-0.2, 0) is 27.9 Å². The molecule has 7 nitrogen and oxygen atoms in total. The fourth-order valence-corrected chi connectivity index (χ4v) is 3.81. The number of piperidine rings is 1. The second kappa shape index (κ2) is 8.29. The largest absolute Gasteiger partial charge is 0.379 e. The molecule has 2 aliphatic rings. The molecule has 2 fully saturated rings. The lowest BCUT2D eigenvalue weighted by molar-refractivity contribution is -0.138. The summed E-state index contributed by atoms with van der Waals surface area (Å²) in [5.74, 6) is 0.971. The van der Waals surface area contributed by atoms with E-state index in [4.69, 9.17) is 9.47 Å². The molecule has 1 aliphatic heterocycles. The summed E-state index contributed by atoms with van der Waals surface area (Å²) in [6, 6.07) is 0.314. The van der Waals surface area contributed by atoms with Gasteiger partial charge in [0.2, 0.25) is 5.91 Å². The molecule has 1 atom stereocenters. The summed E-state index contributed by atoms with van der Waals surface area (Å²) in [6.45, 7) is 6.36. The minimum absolute atomic E-state index is 0.0555. The number of ether oxygens (including phenoxy) is 2. The fourth-order valence-electron chi connectivity index (χ4n) is 3.81. The van der Waals surface area contributed by atoms with Gasteiger partial charge in [-0.05, 0) is 44.7 Å². The average Bonchev–Trinajstić information content (AvgIpc) is 3.12. The first-order valence-corrected chi connectivity index (χ1v) is 9.28. The lowest BCUT2D eigenvalue weighted by Crippen LogP contribution is -2.41. The molecule has 0 bridgehead atoms. The van der Waals surface area contributed by atoms with Gasteiger partial charge in [0.25, 0.3) is 0 Å². The van der Waals surface area contributed by atoms with Gasteiger partial charge in [0.15, 0.2) is 0 Å². The van der Waals surface area contributed by atoms with Crippen molar-refractivity contribution in [2.75, 3.05) is 39.5 Å². The van der Waals surface area contributed by atoms with Crippen molar-refractivity contribution >= 4 is 5.91 Å². The van der Waals surface area contributed by atoms with Crippen LogP contribution in [0.2, 0.25) is 0 Å². The Bertz CT molecular complexity index is 568. The number of nitrogens with zero attached hydrogens (tertiary/aromatic N) is 3. The van der Waals surface area contributed by atoms with Gasteiger partial charge in [0, 0.05) is 32.1 Å². The molecule has 1 saturated carbocycles. The Morgan fingerprint density at radius 2 is 2.16 bits per heavy atom. The van der Waals surface area contributed by atoms with E-state index in [1.807, 2.05) is 29.6 Å². The second-order valence-electron chi connectivity index (χ2n) is 7.06. The number of aromatic nitrogens is 2. The highest BCUT2D eigenvalue weighted by atomic mass is 16.5. The Balaban J connectivity index is 1.61. The first-order chi connectivity index (χ1) is 12.2. The lowest BCUT2D eigenvalue weighted by Gasteiger charge is -2.29. The van der Waals surface area contributed by atoms with E-state index in [9.17, 15) is 4.79 Å². The molecular formula is C18H30N4O3. The molecule has 1 amide bonds. The topological polar surface area (TPSA) is 68.6 Å². The Hall–Kier alpha value is -1.44. The third kappa shape index (κ3) is 4.40. The smallest absolute Gasteiger partial charge is 0.249 e. The summed E-state index contributed by atoms with van der Waals surface area (Å²) in [5.41, 5.74) is 0.303. The van der Waals surface area contributed by atoms with Crippen molar-refractivity contribution in [2.24, 2.45) is 12.5 Å². The van der Waals surface area contributed by atoms with Crippen molar-refractivity contribution in [1.29, 1.82) is 0 Å². The van der Waals surface area contributed by atoms with Crippen LogP contribution in [0.3, 0.4) is 0 Å². The Kier molecular flexibility index (Phi) is 6.09. The molecule has 1 aromatic rings. The van der Waals surface area contributed by atoms with E-state index in [1.165, 1.54) is 0 Å². The summed E-state index contributed by atoms with van der Waals surface area (Å²) in [5, 5.41) is 3.42. The molecule has 2 heterocycles. The van der Waals surface area contributed by atoms with Crippen LogP contribution in [0.5, 0.6) is 0 Å². The third-order valence-electron chi connectivity index (χ3n) is 5.48. The molecule has 1 saturated heterocycles. The van der Waals surface area contributed by atoms with Gasteiger partial charge in [-0.15, -0.1) is 0 Å². The minimum atomic E-state index is 0.0555. The van der Waals surface area contributed by atoms with Crippen LogP contribution in [0.15, 0.2) is 12.4 Å². The van der Waals surface area contributed by atoms with E-state index >= 15 is 0 Å². The molecule has 0 radical (unpaired) electrons. The van der Waals surface area contributed by atoms with Gasteiger partial charge in [-0.25, -0.2) is 4.98 Å². The summed E-state index contributed by atoms with van der Waals surface area (Å²) < 4.78 is 12.8. The molecule has 1 aliphatic carbocycles. The van der Waals surface area contributed by atoms with Crippen LogP contribution in [0.1, 0.15) is 32.0 Å². The zero-order chi connectivity index (χ0) is 17.7. The van der Waals surface area contributed by atoms with Crippen LogP contribution in [0.25, 0.3) is 0 Å². The molecule has 140 valence electrons. The number of imidazole rings is 1. The molecule has 3 rings (SSSR count). The van der Waals surface area contributed by atoms with E-state index in [0.29, 0.717) is 37.8 Å². The summed E-state index contributed by atoms with van der Waals surface area (Å²) in [7, 11) is 1.97. The number of hydrogen-bond donors (Lipinski definition) is 1. The quantitative estimate of drug-likeness (QED) is 0.672. The van der Waals surface area contributed by atoms with Gasteiger partial charge in [0.1, 0.15) is 12.4 Å².